The second-order valence-corrected chi connectivity index (χ2v) is 4.65. The summed E-state index contributed by atoms with van der Waals surface area (Å²) in [4.78, 5) is 22.8. The minimum absolute atomic E-state index is 0.408. The number of carbonyl (C=O) groups is 2. The molecule has 21 heavy (non-hydrogen) atoms. The number of carboxylic acids is 1. The summed E-state index contributed by atoms with van der Waals surface area (Å²) in [5.74, 6) is -0.675. The van der Waals surface area contributed by atoms with E-state index in [2.05, 4.69) is 5.32 Å². The van der Waals surface area contributed by atoms with E-state index in [9.17, 15) is 9.59 Å². The molecule has 0 aliphatic rings. The molecule has 114 valence electrons. The lowest BCUT2D eigenvalue weighted by molar-refractivity contribution is -0.141. The predicted octanol–water partition coefficient (Wildman–Crippen LogP) is 2.47. The first-order valence-corrected chi connectivity index (χ1v) is 6.92. The largest absolute Gasteiger partial charge is 0.497 e. The third kappa shape index (κ3) is 6.12. The molecule has 0 aliphatic carbocycles. The lowest BCUT2D eigenvalue weighted by Crippen LogP contribution is -2.39. The Bertz CT molecular complexity index is 494. The molecule has 0 aliphatic heterocycles. The highest BCUT2D eigenvalue weighted by atomic mass is 16.5. The molecule has 1 aromatic carbocycles. The van der Waals surface area contributed by atoms with Gasteiger partial charge in [0.15, 0.2) is 0 Å². The molecular weight excluding hydrogens is 270 g/mol. The molecule has 0 radical (unpaired) electrons. The van der Waals surface area contributed by atoms with E-state index < -0.39 is 17.9 Å². The van der Waals surface area contributed by atoms with Crippen molar-refractivity contribution in [3.63, 3.8) is 0 Å². The number of rotatable bonds is 8. The van der Waals surface area contributed by atoms with Crippen LogP contribution in [-0.4, -0.2) is 30.1 Å². The Labute approximate surface area is 124 Å². The number of hydrogen-bond acceptors (Lipinski definition) is 3. The Morgan fingerprint density at radius 3 is 2.52 bits per heavy atom. The fourth-order valence-electron chi connectivity index (χ4n) is 1.77. The number of hydrogen-bond donors (Lipinski definition) is 2. The van der Waals surface area contributed by atoms with Gasteiger partial charge in [-0.1, -0.05) is 31.9 Å². The van der Waals surface area contributed by atoms with E-state index in [4.69, 9.17) is 9.84 Å². The van der Waals surface area contributed by atoms with Crippen LogP contribution in [0.25, 0.3) is 6.08 Å². The number of amides is 1. The van der Waals surface area contributed by atoms with Crippen molar-refractivity contribution in [1.82, 2.24) is 5.32 Å². The molecule has 1 amide bonds. The molecule has 1 rings (SSSR count). The third-order valence-corrected chi connectivity index (χ3v) is 3.00. The molecule has 1 unspecified atom stereocenters. The summed E-state index contributed by atoms with van der Waals surface area (Å²) in [5.41, 5.74) is 0.839. The van der Waals surface area contributed by atoms with Gasteiger partial charge in [-0.3, -0.25) is 4.79 Å². The monoisotopic (exact) mass is 291 g/mol. The molecule has 5 nitrogen and oxygen atoms in total. The fraction of sp³-hybridized carbons (Fsp3) is 0.375. The fourth-order valence-corrected chi connectivity index (χ4v) is 1.77. The van der Waals surface area contributed by atoms with Crippen molar-refractivity contribution in [2.45, 2.75) is 32.2 Å². The number of benzene rings is 1. The highest BCUT2D eigenvalue weighted by molar-refractivity contribution is 5.94. The summed E-state index contributed by atoms with van der Waals surface area (Å²) in [6.45, 7) is 1.98. The molecular formula is C16H21NO4. The summed E-state index contributed by atoms with van der Waals surface area (Å²) in [6.07, 6.45) is 5.06. The topological polar surface area (TPSA) is 75.6 Å². The molecule has 0 saturated carbocycles. The van der Waals surface area contributed by atoms with Gasteiger partial charge < -0.3 is 15.2 Å². The Kier molecular flexibility index (Phi) is 7.01. The van der Waals surface area contributed by atoms with Gasteiger partial charge in [0, 0.05) is 6.08 Å². The minimum atomic E-state index is -1.00. The minimum Gasteiger partial charge on any atom is -0.497 e. The van der Waals surface area contributed by atoms with Crippen LogP contribution >= 0.6 is 0 Å². The van der Waals surface area contributed by atoms with Gasteiger partial charge >= 0.3 is 5.97 Å². The van der Waals surface area contributed by atoms with Crippen LogP contribution in [0.5, 0.6) is 5.75 Å². The van der Waals surface area contributed by atoms with E-state index in [0.29, 0.717) is 6.42 Å². The van der Waals surface area contributed by atoms with Crippen molar-refractivity contribution in [2.24, 2.45) is 0 Å². The second kappa shape index (κ2) is 8.79. The van der Waals surface area contributed by atoms with Crippen LogP contribution in [0.1, 0.15) is 31.7 Å². The number of carboxylic acid groups (broad SMARTS) is 1. The molecule has 2 N–H and O–H groups in total. The van der Waals surface area contributed by atoms with Gasteiger partial charge in [-0.05, 0) is 30.2 Å². The second-order valence-electron chi connectivity index (χ2n) is 4.65. The van der Waals surface area contributed by atoms with Crippen LogP contribution in [0.2, 0.25) is 0 Å². The zero-order valence-corrected chi connectivity index (χ0v) is 12.3. The van der Waals surface area contributed by atoms with Crippen molar-refractivity contribution >= 4 is 18.0 Å². The molecule has 5 heteroatoms. The molecule has 0 bridgehead atoms. The summed E-state index contributed by atoms with van der Waals surface area (Å²) in [7, 11) is 1.58. The summed E-state index contributed by atoms with van der Waals surface area (Å²) >= 11 is 0. The molecule has 1 aromatic rings. The summed E-state index contributed by atoms with van der Waals surface area (Å²) in [6, 6.07) is 6.37. The first kappa shape index (κ1) is 16.8. The van der Waals surface area contributed by atoms with Crippen molar-refractivity contribution in [3.8, 4) is 5.75 Å². The number of carbonyl (C=O) groups excluding carboxylic acids is 1. The van der Waals surface area contributed by atoms with E-state index >= 15 is 0 Å². The van der Waals surface area contributed by atoms with Crippen LogP contribution in [0.15, 0.2) is 30.3 Å². The quantitative estimate of drug-likeness (QED) is 0.721. The van der Waals surface area contributed by atoms with Crippen molar-refractivity contribution in [1.29, 1.82) is 0 Å². The molecule has 0 fully saturated rings. The first-order valence-electron chi connectivity index (χ1n) is 6.92. The lowest BCUT2D eigenvalue weighted by Gasteiger charge is -2.12. The van der Waals surface area contributed by atoms with Gasteiger partial charge in [-0.15, -0.1) is 0 Å². The average molecular weight is 291 g/mol. The summed E-state index contributed by atoms with van der Waals surface area (Å²) < 4.78 is 5.04. The van der Waals surface area contributed by atoms with Crippen molar-refractivity contribution in [3.05, 3.63) is 35.9 Å². The van der Waals surface area contributed by atoms with E-state index in [1.54, 1.807) is 25.3 Å². The predicted molar refractivity (Wildman–Crippen MR) is 81.1 cm³/mol. The lowest BCUT2D eigenvalue weighted by atomic mass is 10.1. The maximum Gasteiger partial charge on any atom is 0.326 e. The zero-order chi connectivity index (χ0) is 15.7. The molecule has 0 saturated heterocycles. The number of ether oxygens (including phenoxy) is 1. The van der Waals surface area contributed by atoms with Crippen molar-refractivity contribution < 1.29 is 19.4 Å². The standard InChI is InChI=1S/C16H21NO4/c1-3-4-5-14(16(19)20)17-15(18)11-8-12-6-9-13(21-2)10-7-12/h6-11,14H,3-5H2,1-2H3,(H,17,18)(H,19,20). The molecule has 0 aromatic heterocycles. The van der Waals surface area contributed by atoms with E-state index in [1.165, 1.54) is 6.08 Å². The van der Waals surface area contributed by atoms with E-state index in [0.717, 1.165) is 24.2 Å². The number of aliphatic carboxylic acids is 1. The van der Waals surface area contributed by atoms with Crippen LogP contribution in [0.3, 0.4) is 0 Å². The average Bonchev–Trinajstić information content (AvgIpc) is 2.49. The Hall–Kier alpha value is -2.30. The third-order valence-electron chi connectivity index (χ3n) is 3.00. The zero-order valence-electron chi connectivity index (χ0n) is 12.3. The van der Waals surface area contributed by atoms with Crippen LogP contribution in [0, 0.1) is 0 Å². The smallest absolute Gasteiger partial charge is 0.326 e. The van der Waals surface area contributed by atoms with Gasteiger partial charge in [-0.25, -0.2) is 4.79 Å². The van der Waals surface area contributed by atoms with E-state index in [1.807, 2.05) is 19.1 Å². The molecule has 0 heterocycles. The summed E-state index contributed by atoms with van der Waals surface area (Å²) in [5, 5.41) is 11.5. The van der Waals surface area contributed by atoms with Gasteiger partial charge in [-0.2, -0.15) is 0 Å². The van der Waals surface area contributed by atoms with Gasteiger partial charge in [0.2, 0.25) is 5.91 Å². The van der Waals surface area contributed by atoms with Crippen LogP contribution in [0.4, 0.5) is 0 Å². The van der Waals surface area contributed by atoms with Crippen LogP contribution in [-0.2, 0) is 9.59 Å². The van der Waals surface area contributed by atoms with Gasteiger partial charge in [0.1, 0.15) is 11.8 Å². The normalized spacial score (nSPS) is 12.1. The molecule has 0 spiro atoms. The Balaban J connectivity index is 2.57. The molecule has 1 atom stereocenters. The number of nitrogens with one attached hydrogen (secondary N) is 1. The van der Waals surface area contributed by atoms with Gasteiger partial charge in [0.05, 0.1) is 7.11 Å². The van der Waals surface area contributed by atoms with Gasteiger partial charge in [0.25, 0.3) is 0 Å². The van der Waals surface area contributed by atoms with Crippen LogP contribution < -0.4 is 10.1 Å². The maximum absolute atomic E-state index is 11.7. The Morgan fingerprint density at radius 2 is 2.00 bits per heavy atom. The highest BCUT2D eigenvalue weighted by Crippen LogP contribution is 2.12. The maximum atomic E-state index is 11.7. The SMILES string of the molecule is CCCCC(NC(=O)C=Cc1ccc(OC)cc1)C(=O)O. The number of methoxy groups -OCH3 is 1. The number of unbranched alkanes of at least 4 members (excludes halogenated alkanes) is 1. The van der Waals surface area contributed by atoms with E-state index in [-0.39, 0.29) is 0 Å². The highest BCUT2D eigenvalue weighted by Gasteiger charge is 2.17. The first-order chi connectivity index (χ1) is 10.1. The van der Waals surface area contributed by atoms with Crippen molar-refractivity contribution in [2.75, 3.05) is 7.11 Å². The Morgan fingerprint density at radius 1 is 1.33 bits per heavy atom.